The summed E-state index contributed by atoms with van der Waals surface area (Å²) in [5.74, 6) is 0.819. The van der Waals surface area contributed by atoms with E-state index in [-0.39, 0.29) is 6.04 Å². The van der Waals surface area contributed by atoms with Gasteiger partial charge in [0.05, 0.1) is 32.4 Å². The molecule has 1 aromatic carbocycles. The van der Waals surface area contributed by atoms with Crippen LogP contribution in [0, 0.1) is 16.7 Å². The zero-order valence-electron chi connectivity index (χ0n) is 10.1. The highest BCUT2D eigenvalue weighted by Gasteiger charge is 2.46. The Morgan fingerprint density at radius 3 is 2.41 bits per heavy atom. The smallest absolute Gasteiger partial charge is 0.123 e. The number of methoxy groups -OCH3 is 1. The van der Waals surface area contributed by atoms with E-state index in [1.807, 2.05) is 31.3 Å². The van der Waals surface area contributed by atoms with Crippen molar-refractivity contribution in [2.75, 3.05) is 27.4 Å². The molecule has 1 aliphatic heterocycles. The number of nitrogens with one attached hydrogen (secondary N) is 1. The van der Waals surface area contributed by atoms with Crippen LogP contribution < -0.4 is 10.1 Å². The SMILES string of the molecule is CNC(c1ccc(OC)cc1)C1(C#N)COC1. The zero-order chi connectivity index (χ0) is 12.3. The molecule has 0 amide bonds. The predicted octanol–water partition coefficient (Wildman–Crippen LogP) is 1.50. The van der Waals surface area contributed by atoms with E-state index in [1.165, 1.54) is 0 Å². The summed E-state index contributed by atoms with van der Waals surface area (Å²) in [6, 6.07) is 10.1. The van der Waals surface area contributed by atoms with Gasteiger partial charge in [-0.3, -0.25) is 0 Å². The lowest BCUT2D eigenvalue weighted by molar-refractivity contribution is -0.0963. The maximum Gasteiger partial charge on any atom is 0.123 e. The number of nitriles is 1. The summed E-state index contributed by atoms with van der Waals surface area (Å²) in [4.78, 5) is 0. The Kier molecular flexibility index (Phi) is 3.32. The minimum absolute atomic E-state index is 0.00726. The van der Waals surface area contributed by atoms with Crippen LogP contribution in [-0.4, -0.2) is 27.4 Å². The molecule has 1 fully saturated rings. The Balaban J connectivity index is 2.26. The average Bonchev–Trinajstić information content (AvgIpc) is 2.34. The zero-order valence-corrected chi connectivity index (χ0v) is 10.1. The third-order valence-corrected chi connectivity index (χ3v) is 3.23. The monoisotopic (exact) mass is 232 g/mol. The Hall–Kier alpha value is -1.57. The van der Waals surface area contributed by atoms with E-state index in [4.69, 9.17) is 9.47 Å². The van der Waals surface area contributed by atoms with Crippen molar-refractivity contribution >= 4 is 0 Å². The van der Waals surface area contributed by atoms with Crippen molar-refractivity contribution in [1.29, 1.82) is 5.26 Å². The summed E-state index contributed by atoms with van der Waals surface area (Å²) in [6.07, 6.45) is 0. The topological polar surface area (TPSA) is 54.3 Å². The van der Waals surface area contributed by atoms with E-state index in [0.29, 0.717) is 13.2 Å². The summed E-state index contributed by atoms with van der Waals surface area (Å²) >= 11 is 0. The van der Waals surface area contributed by atoms with Crippen LogP contribution in [0.15, 0.2) is 24.3 Å². The largest absolute Gasteiger partial charge is 0.497 e. The van der Waals surface area contributed by atoms with E-state index in [9.17, 15) is 5.26 Å². The van der Waals surface area contributed by atoms with E-state index < -0.39 is 5.41 Å². The van der Waals surface area contributed by atoms with Crippen molar-refractivity contribution in [3.63, 3.8) is 0 Å². The minimum Gasteiger partial charge on any atom is -0.497 e. The average molecular weight is 232 g/mol. The molecular formula is C13H16N2O2. The summed E-state index contributed by atoms with van der Waals surface area (Å²) < 4.78 is 10.3. The molecule has 1 N–H and O–H groups in total. The fraction of sp³-hybridized carbons (Fsp3) is 0.462. The molecule has 4 heteroatoms. The molecule has 0 radical (unpaired) electrons. The number of rotatable bonds is 4. The van der Waals surface area contributed by atoms with Gasteiger partial charge in [0.25, 0.3) is 0 Å². The van der Waals surface area contributed by atoms with Gasteiger partial charge in [-0.1, -0.05) is 12.1 Å². The van der Waals surface area contributed by atoms with Crippen molar-refractivity contribution in [3.05, 3.63) is 29.8 Å². The first-order valence-corrected chi connectivity index (χ1v) is 5.56. The van der Waals surface area contributed by atoms with Gasteiger partial charge in [-0.05, 0) is 24.7 Å². The van der Waals surface area contributed by atoms with Crippen molar-refractivity contribution in [1.82, 2.24) is 5.32 Å². The maximum absolute atomic E-state index is 9.31. The first-order valence-electron chi connectivity index (χ1n) is 5.56. The lowest BCUT2D eigenvalue weighted by Gasteiger charge is -2.41. The molecular weight excluding hydrogens is 216 g/mol. The van der Waals surface area contributed by atoms with Crippen molar-refractivity contribution in [2.24, 2.45) is 5.41 Å². The van der Waals surface area contributed by atoms with E-state index in [1.54, 1.807) is 7.11 Å². The molecule has 0 bridgehead atoms. The summed E-state index contributed by atoms with van der Waals surface area (Å²) in [5, 5.41) is 12.5. The summed E-state index contributed by atoms with van der Waals surface area (Å²) in [6.45, 7) is 0.974. The standard InChI is InChI=1S/C13H16N2O2/c1-15-12(13(7-14)8-17-9-13)10-3-5-11(16-2)6-4-10/h3-6,12,15H,8-9H2,1-2H3. The number of hydrogen-bond donors (Lipinski definition) is 1. The third kappa shape index (κ3) is 1.99. The highest BCUT2D eigenvalue weighted by Crippen LogP contribution is 2.40. The maximum atomic E-state index is 9.31. The molecule has 0 aromatic heterocycles. The molecule has 1 aliphatic rings. The second-order valence-electron chi connectivity index (χ2n) is 4.26. The van der Waals surface area contributed by atoms with Gasteiger partial charge in [-0.15, -0.1) is 0 Å². The molecule has 4 nitrogen and oxygen atoms in total. The van der Waals surface area contributed by atoms with E-state index in [0.717, 1.165) is 11.3 Å². The number of ether oxygens (including phenoxy) is 2. The molecule has 1 saturated heterocycles. The quantitative estimate of drug-likeness (QED) is 0.854. The molecule has 17 heavy (non-hydrogen) atoms. The fourth-order valence-electron chi connectivity index (χ4n) is 2.18. The first kappa shape index (κ1) is 11.9. The van der Waals surface area contributed by atoms with Crippen LogP contribution in [0.2, 0.25) is 0 Å². The lowest BCUT2D eigenvalue weighted by Crippen LogP contribution is -2.50. The molecule has 0 spiro atoms. The van der Waals surface area contributed by atoms with Crippen molar-refractivity contribution in [2.45, 2.75) is 6.04 Å². The molecule has 1 atom stereocenters. The minimum atomic E-state index is -0.441. The molecule has 0 saturated carbocycles. The normalized spacial score (nSPS) is 18.9. The lowest BCUT2D eigenvalue weighted by atomic mass is 9.76. The van der Waals surface area contributed by atoms with Crippen molar-refractivity contribution in [3.8, 4) is 11.8 Å². The van der Waals surface area contributed by atoms with Crippen LogP contribution in [-0.2, 0) is 4.74 Å². The molecule has 2 rings (SSSR count). The van der Waals surface area contributed by atoms with Crippen LogP contribution in [0.1, 0.15) is 11.6 Å². The first-order chi connectivity index (χ1) is 8.25. The second-order valence-corrected chi connectivity index (χ2v) is 4.26. The Labute approximate surface area is 101 Å². The van der Waals surface area contributed by atoms with Crippen LogP contribution in [0.25, 0.3) is 0 Å². The number of hydrogen-bond acceptors (Lipinski definition) is 4. The van der Waals surface area contributed by atoms with E-state index >= 15 is 0 Å². The van der Waals surface area contributed by atoms with Crippen LogP contribution in [0.5, 0.6) is 5.75 Å². The van der Waals surface area contributed by atoms with Gasteiger partial charge in [0.1, 0.15) is 11.2 Å². The van der Waals surface area contributed by atoms with E-state index in [2.05, 4.69) is 11.4 Å². The Morgan fingerprint density at radius 1 is 1.41 bits per heavy atom. The van der Waals surface area contributed by atoms with Gasteiger partial charge in [0.2, 0.25) is 0 Å². The van der Waals surface area contributed by atoms with Gasteiger partial charge in [0, 0.05) is 0 Å². The number of nitrogens with zero attached hydrogens (tertiary/aromatic N) is 1. The third-order valence-electron chi connectivity index (χ3n) is 3.23. The summed E-state index contributed by atoms with van der Waals surface area (Å²) in [5.41, 5.74) is 0.640. The number of benzene rings is 1. The van der Waals surface area contributed by atoms with Crippen molar-refractivity contribution < 1.29 is 9.47 Å². The van der Waals surface area contributed by atoms with Gasteiger partial charge >= 0.3 is 0 Å². The second kappa shape index (κ2) is 4.74. The molecule has 1 aromatic rings. The van der Waals surface area contributed by atoms with Gasteiger partial charge in [-0.2, -0.15) is 5.26 Å². The molecule has 90 valence electrons. The predicted molar refractivity (Wildman–Crippen MR) is 63.7 cm³/mol. The van der Waals surface area contributed by atoms with Crippen LogP contribution >= 0.6 is 0 Å². The van der Waals surface area contributed by atoms with Crippen LogP contribution in [0.4, 0.5) is 0 Å². The summed E-state index contributed by atoms with van der Waals surface area (Å²) in [7, 11) is 3.51. The fourth-order valence-corrected chi connectivity index (χ4v) is 2.18. The Morgan fingerprint density at radius 2 is 2.06 bits per heavy atom. The molecule has 1 unspecified atom stereocenters. The highest BCUT2D eigenvalue weighted by molar-refractivity contribution is 5.32. The molecule has 0 aliphatic carbocycles. The van der Waals surface area contributed by atoms with Gasteiger partial charge in [-0.25, -0.2) is 0 Å². The van der Waals surface area contributed by atoms with Gasteiger partial charge < -0.3 is 14.8 Å². The van der Waals surface area contributed by atoms with Gasteiger partial charge in [0.15, 0.2) is 0 Å². The Bertz CT molecular complexity index is 418. The molecule has 1 heterocycles. The van der Waals surface area contributed by atoms with Crippen LogP contribution in [0.3, 0.4) is 0 Å². The highest BCUT2D eigenvalue weighted by atomic mass is 16.5.